The molecule has 0 spiro atoms. The van der Waals surface area contributed by atoms with E-state index < -0.39 is 0 Å². The summed E-state index contributed by atoms with van der Waals surface area (Å²) >= 11 is 5.36. The van der Waals surface area contributed by atoms with Crippen LogP contribution in [-0.2, 0) is 0 Å². The lowest BCUT2D eigenvalue weighted by atomic mass is 9.70. The van der Waals surface area contributed by atoms with Gasteiger partial charge < -0.3 is 14.8 Å². The van der Waals surface area contributed by atoms with Gasteiger partial charge in [0.1, 0.15) is 0 Å². The van der Waals surface area contributed by atoms with Crippen molar-refractivity contribution in [2.24, 2.45) is 16.9 Å². The topological polar surface area (TPSA) is 54.9 Å². The van der Waals surface area contributed by atoms with E-state index in [4.69, 9.17) is 21.7 Å². The third kappa shape index (κ3) is 4.63. The molecule has 0 bridgehead atoms. The highest BCUT2D eigenvalue weighted by atomic mass is 32.1. The Bertz CT molecular complexity index is 648. The van der Waals surface area contributed by atoms with E-state index in [1.807, 2.05) is 18.2 Å². The summed E-state index contributed by atoms with van der Waals surface area (Å²) in [6.45, 7) is 0. The maximum absolute atomic E-state index is 5.36. The first-order valence-corrected chi connectivity index (χ1v) is 9.45. The van der Waals surface area contributed by atoms with Crippen LogP contribution in [0.1, 0.15) is 44.9 Å². The van der Waals surface area contributed by atoms with E-state index in [2.05, 4.69) is 15.8 Å². The summed E-state index contributed by atoms with van der Waals surface area (Å²) in [5.41, 5.74) is 5.09. The number of hydrogen-bond acceptors (Lipinski definition) is 4. The van der Waals surface area contributed by atoms with Gasteiger partial charge in [0.05, 0.1) is 14.2 Å². The molecule has 25 heavy (non-hydrogen) atoms. The van der Waals surface area contributed by atoms with Gasteiger partial charge in [-0.25, -0.2) is 0 Å². The molecule has 3 rings (SSSR count). The van der Waals surface area contributed by atoms with Gasteiger partial charge in [0, 0.05) is 17.5 Å². The molecule has 0 amide bonds. The largest absolute Gasteiger partial charge is 0.493 e. The highest BCUT2D eigenvalue weighted by molar-refractivity contribution is 7.80. The molecule has 2 atom stereocenters. The highest BCUT2D eigenvalue weighted by Gasteiger charge is 2.30. The second-order valence-electron chi connectivity index (χ2n) is 6.86. The minimum atomic E-state index is 0.491. The molecule has 0 aromatic heterocycles. The number of thiocarbonyl (C=S) groups is 1. The number of hydrazone groups is 1. The molecule has 136 valence electrons. The molecule has 0 radical (unpaired) electrons. The summed E-state index contributed by atoms with van der Waals surface area (Å²) in [6, 6.07) is 5.60. The van der Waals surface area contributed by atoms with Gasteiger partial charge in [-0.3, -0.25) is 5.43 Å². The second-order valence-corrected chi connectivity index (χ2v) is 7.27. The molecule has 2 N–H and O–H groups in total. The van der Waals surface area contributed by atoms with Crippen molar-refractivity contribution in [3.63, 3.8) is 0 Å². The van der Waals surface area contributed by atoms with Crippen LogP contribution in [0.15, 0.2) is 23.3 Å². The summed E-state index contributed by atoms with van der Waals surface area (Å²) in [5, 5.41) is 8.19. The third-order valence-electron chi connectivity index (χ3n) is 5.32. The first-order valence-electron chi connectivity index (χ1n) is 9.04. The van der Waals surface area contributed by atoms with E-state index in [0.29, 0.717) is 16.6 Å². The highest BCUT2D eigenvalue weighted by Crippen LogP contribution is 2.39. The van der Waals surface area contributed by atoms with E-state index in [1.165, 1.54) is 37.8 Å². The first kappa shape index (κ1) is 18.0. The number of fused-ring (bicyclic) bond motifs is 1. The van der Waals surface area contributed by atoms with Gasteiger partial charge in [-0.2, -0.15) is 5.10 Å². The van der Waals surface area contributed by atoms with Crippen LogP contribution >= 0.6 is 12.2 Å². The lowest BCUT2D eigenvalue weighted by Crippen LogP contribution is -2.30. The van der Waals surface area contributed by atoms with Crippen molar-refractivity contribution in [3.05, 3.63) is 18.2 Å². The van der Waals surface area contributed by atoms with Gasteiger partial charge >= 0.3 is 0 Å². The predicted molar refractivity (Wildman–Crippen MR) is 106 cm³/mol. The van der Waals surface area contributed by atoms with Gasteiger partial charge in [0.15, 0.2) is 16.6 Å². The molecular formula is C19H27N3O2S. The molecule has 0 aliphatic heterocycles. The maximum atomic E-state index is 5.36. The number of methoxy groups -OCH3 is 2. The molecule has 2 aliphatic rings. The summed E-state index contributed by atoms with van der Waals surface area (Å²) in [4.78, 5) is 0. The smallest absolute Gasteiger partial charge is 0.191 e. The standard InChI is InChI=1S/C19H27N3O2S/c1-23-17-10-9-15(12-18(17)24-2)20-19(25)22-21-16-8-7-13-5-3-4-6-14(13)11-16/h9-10,12-14H,3-8,11H2,1-2H3,(H2,20,22,25)/b21-16+/t13-,14-/m0/s1. The Hall–Kier alpha value is -1.82. The van der Waals surface area contributed by atoms with Gasteiger partial charge in [-0.15, -0.1) is 0 Å². The third-order valence-corrected chi connectivity index (χ3v) is 5.52. The predicted octanol–water partition coefficient (Wildman–Crippen LogP) is 4.34. The minimum Gasteiger partial charge on any atom is -0.493 e. The Morgan fingerprint density at radius 1 is 1.08 bits per heavy atom. The van der Waals surface area contributed by atoms with Crippen LogP contribution in [0.3, 0.4) is 0 Å². The summed E-state index contributed by atoms with van der Waals surface area (Å²) < 4.78 is 10.6. The molecule has 1 aromatic carbocycles. The molecule has 0 heterocycles. The van der Waals surface area contributed by atoms with Gasteiger partial charge in [-0.05, 0) is 61.9 Å². The van der Waals surface area contributed by atoms with E-state index in [-0.39, 0.29) is 0 Å². The fraction of sp³-hybridized carbons (Fsp3) is 0.579. The molecule has 0 saturated heterocycles. The normalized spacial score (nSPS) is 24.3. The molecule has 2 aliphatic carbocycles. The lowest BCUT2D eigenvalue weighted by Gasteiger charge is -2.35. The minimum absolute atomic E-state index is 0.491. The maximum Gasteiger partial charge on any atom is 0.191 e. The average molecular weight is 362 g/mol. The summed E-state index contributed by atoms with van der Waals surface area (Å²) in [6.07, 6.45) is 9.04. The van der Waals surface area contributed by atoms with Gasteiger partial charge in [0.25, 0.3) is 0 Å². The van der Waals surface area contributed by atoms with Crippen molar-refractivity contribution in [3.8, 4) is 11.5 Å². The molecule has 6 heteroatoms. The summed E-state index contributed by atoms with van der Waals surface area (Å²) in [7, 11) is 3.24. The van der Waals surface area contributed by atoms with Crippen molar-refractivity contribution in [2.45, 2.75) is 44.9 Å². The van der Waals surface area contributed by atoms with Crippen LogP contribution in [0, 0.1) is 11.8 Å². The monoisotopic (exact) mass is 361 g/mol. The Kier molecular flexibility index (Phi) is 6.13. The van der Waals surface area contributed by atoms with Crippen molar-refractivity contribution < 1.29 is 9.47 Å². The lowest BCUT2D eigenvalue weighted by molar-refractivity contribution is 0.218. The molecule has 2 fully saturated rings. The van der Waals surface area contributed by atoms with Crippen molar-refractivity contribution in [2.75, 3.05) is 19.5 Å². The number of anilines is 1. The number of nitrogens with one attached hydrogen (secondary N) is 2. The quantitative estimate of drug-likeness (QED) is 0.617. The Morgan fingerprint density at radius 3 is 2.60 bits per heavy atom. The van der Waals surface area contributed by atoms with E-state index >= 15 is 0 Å². The second kappa shape index (κ2) is 8.52. The molecule has 2 saturated carbocycles. The van der Waals surface area contributed by atoms with Gasteiger partial charge in [-0.1, -0.05) is 19.3 Å². The first-order chi connectivity index (χ1) is 12.2. The zero-order valence-electron chi connectivity index (χ0n) is 15.0. The molecule has 0 unspecified atom stereocenters. The van der Waals surface area contributed by atoms with Crippen LogP contribution < -0.4 is 20.2 Å². The van der Waals surface area contributed by atoms with Crippen molar-refractivity contribution in [1.29, 1.82) is 0 Å². The van der Waals surface area contributed by atoms with E-state index in [9.17, 15) is 0 Å². The fourth-order valence-corrected chi connectivity index (χ4v) is 4.16. The molecule has 5 nitrogen and oxygen atoms in total. The number of hydrogen-bond donors (Lipinski definition) is 2. The van der Waals surface area contributed by atoms with Crippen LogP contribution in [0.4, 0.5) is 5.69 Å². The van der Waals surface area contributed by atoms with Gasteiger partial charge in [0.2, 0.25) is 0 Å². The zero-order chi connectivity index (χ0) is 17.6. The Labute approximate surface area is 155 Å². The Balaban J connectivity index is 1.54. The van der Waals surface area contributed by atoms with E-state index in [0.717, 1.165) is 30.4 Å². The number of rotatable bonds is 4. The number of ether oxygens (including phenoxy) is 2. The van der Waals surface area contributed by atoms with Crippen molar-refractivity contribution >= 4 is 28.7 Å². The number of nitrogens with zero attached hydrogens (tertiary/aromatic N) is 1. The van der Waals surface area contributed by atoms with Crippen LogP contribution in [0.2, 0.25) is 0 Å². The van der Waals surface area contributed by atoms with Crippen LogP contribution in [0.5, 0.6) is 11.5 Å². The Morgan fingerprint density at radius 2 is 1.84 bits per heavy atom. The van der Waals surface area contributed by atoms with Crippen LogP contribution in [0.25, 0.3) is 0 Å². The molecule has 1 aromatic rings. The summed E-state index contributed by atoms with van der Waals surface area (Å²) in [5.74, 6) is 3.11. The zero-order valence-corrected chi connectivity index (χ0v) is 15.8. The SMILES string of the molecule is COc1ccc(NC(=S)N/N=C2\CC[C@@H]3CCCC[C@H]3C2)cc1OC. The van der Waals surface area contributed by atoms with Crippen molar-refractivity contribution in [1.82, 2.24) is 5.43 Å². The van der Waals surface area contributed by atoms with Crippen LogP contribution in [-0.4, -0.2) is 25.0 Å². The van der Waals surface area contributed by atoms with E-state index in [1.54, 1.807) is 14.2 Å². The average Bonchev–Trinajstić information content (AvgIpc) is 2.66. The fourth-order valence-electron chi connectivity index (χ4n) is 3.99. The number of benzene rings is 1. The molecular weight excluding hydrogens is 334 g/mol.